The summed E-state index contributed by atoms with van der Waals surface area (Å²) in [5.74, 6) is 0.0358. The van der Waals surface area contributed by atoms with E-state index >= 15 is 0 Å². The van der Waals surface area contributed by atoms with Crippen molar-refractivity contribution >= 4 is 5.91 Å². The maximum Gasteiger partial charge on any atom is 0.222 e. The van der Waals surface area contributed by atoms with Crippen LogP contribution in [0.2, 0.25) is 0 Å². The molecule has 19 heavy (non-hydrogen) atoms. The largest absolute Gasteiger partial charge is 0.378 e. The van der Waals surface area contributed by atoms with Crippen molar-refractivity contribution in [1.29, 1.82) is 0 Å². The second kappa shape index (κ2) is 8.51. The predicted molar refractivity (Wildman–Crippen MR) is 75.2 cm³/mol. The van der Waals surface area contributed by atoms with Crippen molar-refractivity contribution in [1.82, 2.24) is 10.6 Å². The fraction of sp³-hybridized carbons (Fsp3) is 0.929. The number of nitrogens with one attached hydrogen (secondary N) is 2. The van der Waals surface area contributed by atoms with E-state index < -0.39 is 5.60 Å². The Morgan fingerprint density at radius 2 is 2.05 bits per heavy atom. The first-order valence-electron chi connectivity index (χ1n) is 7.18. The zero-order valence-corrected chi connectivity index (χ0v) is 12.5. The van der Waals surface area contributed by atoms with Crippen molar-refractivity contribution in [2.45, 2.75) is 51.2 Å². The average Bonchev–Trinajstić information content (AvgIpc) is 2.39. The van der Waals surface area contributed by atoms with E-state index in [0.717, 1.165) is 39.0 Å². The van der Waals surface area contributed by atoms with Gasteiger partial charge in [0, 0.05) is 20.3 Å². The van der Waals surface area contributed by atoms with Crippen molar-refractivity contribution in [2.24, 2.45) is 0 Å². The maximum atomic E-state index is 11.6. The standard InChI is InChI=1S/C14H28N2O3/c1-14(2,18-3)11-13(17)16-7-4-10-19-12-5-8-15-9-6-12/h12,15H,4-11H2,1-3H3,(H,16,17). The molecule has 1 rings (SSSR count). The summed E-state index contributed by atoms with van der Waals surface area (Å²) in [4.78, 5) is 11.6. The molecule has 5 nitrogen and oxygen atoms in total. The van der Waals surface area contributed by atoms with E-state index in [2.05, 4.69) is 10.6 Å². The zero-order chi connectivity index (χ0) is 14.1. The number of piperidine rings is 1. The van der Waals surface area contributed by atoms with E-state index in [1.165, 1.54) is 0 Å². The van der Waals surface area contributed by atoms with Crippen molar-refractivity contribution < 1.29 is 14.3 Å². The second-order valence-corrected chi connectivity index (χ2v) is 5.66. The number of ether oxygens (including phenoxy) is 2. The van der Waals surface area contributed by atoms with Crippen LogP contribution in [0.4, 0.5) is 0 Å². The minimum atomic E-state index is -0.393. The first-order valence-corrected chi connectivity index (χ1v) is 7.18. The van der Waals surface area contributed by atoms with Gasteiger partial charge in [0.2, 0.25) is 5.91 Å². The molecule has 5 heteroatoms. The van der Waals surface area contributed by atoms with Gasteiger partial charge in [0.25, 0.3) is 0 Å². The van der Waals surface area contributed by atoms with Gasteiger partial charge in [-0.15, -0.1) is 0 Å². The van der Waals surface area contributed by atoms with Crippen LogP contribution < -0.4 is 10.6 Å². The maximum absolute atomic E-state index is 11.6. The van der Waals surface area contributed by atoms with Crippen molar-refractivity contribution in [3.05, 3.63) is 0 Å². The summed E-state index contributed by atoms with van der Waals surface area (Å²) < 4.78 is 11.0. The highest BCUT2D eigenvalue weighted by Crippen LogP contribution is 2.12. The summed E-state index contributed by atoms with van der Waals surface area (Å²) in [7, 11) is 1.63. The van der Waals surface area contributed by atoms with Crippen LogP contribution in [0, 0.1) is 0 Å². The van der Waals surface area contributed by atoms with Gasteiger partial charge in [-0.25, -0.2) is 0 Å². The minimum absolute atomic E-state index is 0.0358. The van der Waals surface area contributed by atoms with Gasteiger partial charge >= 0.3 is 0 Å². The van der Waals surface area contributed by atoms with Gasteiger partial charge in [-0.05, 0) is 46.2 Å². The molecule has 1 fully saturated rings. The SMILES string of the molecule is COC(C)(C)CC(=O)NCCCOC1CCNCC1. The van der Waals surface area contributed by atoms with Gasteiger partial charge < -0.3 is 20.1 Å². The van der Waals surface area contributed by atoms with E-state index in [1.807, 2.05) is 13.8 Å². The fourth-order valence-electron chi connectivity index (χ4n) is 2.03. The van der Waals surface area contributed by atoms with Gasteiger partial charge in [0.1, 0.15) is 0 Å². The van der Waals surface area contributed by atoms with Gasteiger partial charge in [0.05, 0.1) is 18.1 Å². The number of hydrogen-bond donors (Lipinski definition) is 2. The molecule has 0 atom stereocenters. The van der Waals surface area contributed by atoms with Crippen LogP contribution in [0.1, 0.15) is 39.5 Å². The summed E-state index contributed by atoms with van der Waals surface area (Å²) in [5, 5.41) is 6.21. The molecule has 1 heterocycles. The Labute approximate surface area is 116 Å². The topological polar surface area (TPSA) is 59.6 Å². The van der Waals surface area contributed by atoms with E-state index in [0.29, 0.717) is 19.1 Å². The van der Waals surface area contributed by atoms with E-state index in [-0.39, 0.29) is 5.91 Å². The molecule has 0 aromatic heterocycles. The van der Waals surface area contributed by atoms with E-state index in [9.17, 15) is 4.79 Å². The van der Waals surface area contributed by atoms with Crippen molar-refractivity contribution in [3.8, 4) is 0 Å². The lowest BCUT2D eigenvalue weighted by Gasteiger charge is -2.23. The number of hydrogen-bond acceptors (Lipinski definition) is 4. The molecule has 1 saturated heterocycles. The Morgan fingerprint density at radius 3 is 2.68 bits per heavy atom. The molecule has 1 aliphatic heterocycles. The van der Waals surface area contributed by atoms with Crippen LogP contribution in [-0.2, 0) is 14.3 Å². The van der Waals surface area contributed by atoms with Gasteiger partial charge in [-0.1, -0.05) is 0 Å². The molecule has 1 amide bonds. The zero-order valence-electron chi connectivity index (χ0n) is 12.5. The van der Waals surface area contributed by atoms with Crippen LogP contribution in [0.3, 0.4) is 0 Å². The summed E-state index contributed by atoms with van der Waals surface area (Å²) in [6.07, 6.45) is 3.83. The van der Waals surface area contributed by atoms with E-state index in [1.54, 1.807) is 7.11 Å². The van der Waals surface area contributed by atoms with Crippen LogP contribution in [0.15, 0.2) is 0 Å². The third kappa shape index (κ3) is 7.50. The van der Waals surface area contributed by atoms with Gasteiger partial charge in [-0.2, -0.15) is 0 Å². The van der Waals surface area contributed by atoms with Crippen LogP contribution in [0.25, 0.3) is 0 Å². The van der Waals surface area contributed by atoms with E-state index in [4.69, 9.17) is 9.47 Å². The quantitative estimate of drug-likeness (QED) is 0.649. The lowest BCUT2D eigenvalue weighted by molar-refractivity contribution is -0.126. The molecule has 2 N–H and O–H groups in total. The molecule has 0 aromatic carbocycles. The van der Waals surface area contributed by atoms with Crippen LogP contribution in [-0.4, -0.2) is 51.0 Å². The van der Waals surface area contributed by atoms with Crippen molar-refractivity contribution in [3.63, 3.8) is 0 Å². The lowest BCUT2D eigenvalue weighted by Crippen LogP contribution is -2.35. The molecule has 0 unspecified atom stereocenters. The lowest BCUT2D eigenvalue weighted by atomic mass is 10.1. The summed E-state index contributed by atoms with van der Waals surface area (Å²) in [6.45, 7) is 7.31. The van der Waals surface area contributed by atoms with Gasteiger partial charge in [0.15, 0.2) is 0 Å². The van der Waals surface area contributed by atoms with Crippen LogP contribution >= 0.6 is 0 Å². The highest BCUT2D eigenvalue weighted by molar-refractivity contribution is 5.76. The summed E-state index contributed by atoms with van der Waals surface area (Å²) >= 11 is 0. The number of carbonyl (C=O) groups excluding carboxylic acids is 1. The molecule has 0 radical (unpaired) electrons. The Bertz CT molecular complexity index is 263. The molecule has 0 aliphatic carbocycles. The molecule has 0 saturated carbocycles. The highest BCUT2D eigenvalue weighted by Gasteiger charge is 2.20. The van der Waals surface area contributed by atoms with Gasteiger partial charge in [-0.3, -0.25) is 4.79 Å². The molecule has 1 aliphatic rings. The predicted octanol–water partition coefficient (Wildman–Crippen LogP) is 1.08. The first kappa shape index (κ1) is 16.4. The van der Waals surface area contributed by atoms with Crippen LogP contribution in [0.5, 0.6) is 0 Å². The Kier molecular flexibility index (Phi) is 7.34. The molecular formula is C14H28N2O3. The normalized spacial score (nSPS) is 17.4. The molecular weight excluding hydrogens is 244 g/mol. The highest BCUT2D eigenvalue weighted by atomic mass is 16.5. The third-order valence-corrected chi connectivity index (χ3v) is 3.42. The number of rotatable bonds is 8. The number of amides is 1. The molecule has 0 bridgehead atoms. The minimum Gasteiger partial charge on any atom is -0.378 e. The summed E-state index contributed by atoms with van der Waals surface area (Å²) in [6, 6.07) is 0. The smallest absolute Gasteiger partial charge is 0.222 e. The monoisotopic (exact) mass is 272 g/mol. The molecule has 0 spiro atoms. The Hall–Kier alpha value is -0.650. The average molecular weight is 272 g/mol. The fourth-order valence-corrected chi connectivity index (χ4v) is 2.03. The first-order chi connectivity index (χ1) is 9.03. The second-order valence-electron chi connectivity index (χ2n) is 5.66. The molecule has 0 aromatic rings. The van der Waals surface area contributed by atoms with Crippen molar-refractivity contribution in [2.75, 3.05) is 33.4 Å². The third-order valence-electron chi connectivity index (χ3n) is 3.42. The molecule has 112 valence electrons. The Balaban J connectivity index is 1.99. The Morgan fingerprint density at radius 1 is 1.37 bits per heavy atom. The number of carbonyl (C=O) groups is 1. The summed E-state index contributed by atoms with van der Waals surface area (Å²) in [5.41, 5.74) is -0.393. The number of methoxy groups -OCH3 is 1.